The second kappa shape index (κ2) is 7.38. The molecule has 0 radical (unpaired) electrons. The van der Waals surface area contributed by atoms with Crippen LogP contribution in [0, 0.1) is 5.82 Å². The molecule has 10 heteroatoms. The van der Waals surface area contributed by atoms with Gasteiger partial charge in [-0.2, -0.15) is 8.78 Å². The standard InChI is InChI=1S/C19H15F3N4O3/c1-26(2)18(28)19(21,22)29-15-6-4-10(7-13(15)20)12-9-24-8-11-3-5-14(17(23)27)25-16(11)12/h3-9H,1-2H3,(H2,23,27). The molecular formula is C19H15F3N4O3. The van der Waals surface area contributed by atoms with Crippen molar-refractivity contribution in [1.82, 2.24) is 14.9 Å². The molecule has 150 valence electrons. The van der Waals surface area contributed by atoms with E-state index in [1.165, 1.54) is 24.5 Å². The van der Waals surface area contributed by atoms with Crippen molar-refractivity contribution in [2.45, 2.75) is 6.11 Å². The molecule has 2 N–H and O–H groups in total. The molecule has 0 saturated carbocycles. The lowest BCUT2D eigenvalue weighted by Gasteiger charge is -2.20. The highest BCUT2D eigenvalue weighted by atomic mass is 19.3. The number of benzene rings is 1. The van der Waals surface area contributed by atoms with Crippen LogP contribution < -0.4 is 10.5 Å². The second-order valence-electron chi connectivity index (χ2n) is 6.28. The van der Waals surface area contributed by atoms with Crippen LogP contribution in [0.25, 0.3) is 22.0 Å². The first-order chi connectivity index (χ1) is 13.6. The predicted octanol–water partition coefficient (Wildman–Crippen LogP) is 2.59. The monoisotopic (exact) mass is 404 g/mol. The summed E-state index contributed by atoms with van der Waals surface area (Å²) in [6.07, 6.45) is -1.34. The lowest BCUT2D eigenvalue weighted by atomic mass is 10.0. The summed E-state index contributed by atoms with van der Waals surface area (Å²) >= 11 is 0. The number of amides is 2. The Bertz CT molecular complexity index is 1120. The van der Waals surface area contributed by atoms with Gasteiger partial charge >= 0.3 is 12.0 Å². The van der Waals surface area contributed by atoms with E-state index in [-0.39, 0.29) is 11.3 Å². The van der Waals surface area contributed by atoms with Gasteiger partial charge in [0.15, 0.2) is 11.6 Å². The fraction of sp³-hybridized carbons (Fsp3) is 0.158. The minimum atomic E-state index is -4.23. The molecule has 0 unspecified atom stereocenters. The molecule has 0 aliphatic carbocycles. The lowest BCUT2D eigenvalue weighted by molar-refractivity contribution is -0.201. The molecule has 0 aliphatic rings. The van der Waals surface area contributed by atoms with Crippen LogP contribution in [-0.2, 0) is 4.79 Å². The Labute approximate surface area is 162 Å². The number of carbonyl (C=O) groups excluding carboxylic acids is 2. The number of halogens is 3. The number of hydrogen-bond donors (Lipinski definition) is 1. The van der Waals surface area contributed by atoms with Gasteiger partial charge in [-0.3, -0.25) is 14.6 Å². The van der Waals surface area contributed by atoms with Gasteiger partial charge < -0.3 is 15.4 Å². The number of ether oxygens (including phenoxy) is 1. The molecule has 2 amide bonds. The number of nitrogens with two attached hydrogens (primary N) is 1. The van der Waals surface area contributed by atoms with Crippen molar-refractivity contribution in [1.29, 1.82) is 0 Å². The van der Waals surface area contributed by atoms with E-state index in [4.69, 9.17) is 5.73 Å². The normalized spacial score (nSPS) is 11.3. The Hall–Kier alpha value is -3.69. The van der Waals surface area contributed by atoms with Crippen LogP contribution in [0.15, 0.2) is 42.7 Å². The number of rotatable bonds is 5. The SMILES string of the molecule is CN(C)C(=O)C(F)(F)Oc1ccc(-c2cncc3ccc(C(N)=O)nc23)cc1F. The van der Waals surface area contributed by atoms with Crippen LogP contribution in [0.5, 0.6) is 5.75 Å². The van der Waals surface area contributed by atoms with Gasteiger partial charge in [0.25, 0.3) is 5.91 Å². The number of carbonyl (C=O) groups is 2. The van der Waals surface area contributed by atoms with Crippen molar-refractivity contribution in [3.05, 3.63) is 54.2 Å². The number of alkyl halides is 2. The van der Waals surface area contributed by atoms with E-state index >= 15 is 0 Å². The van der Waals surface area contributed by atoms with Gasteiger partial charge in [-0.05, 0) is 29.8 Å². The minimum absolute atomic E-state index is 0.00668. The third kappa shape index (κ3) is 3.96. The van der Waals surface area contributed by atoms with Gasteiger partial charge in [0.1, 0.15) is 5.69 Å². The number of nitrogens with zero attached hydrogens (tertiary/aromatic N) is 3. The highest BCUT2D eigenvalue weighted by Crippen LogP contribution is 2.32. The third-order valence-electron chi connectivity index (χ3n) is 3.99. The van der Waals surface area contributed by atoms with Gasteiger partial charge in [-0.1, -0.05) is 6.07 Å². The molecule has 3 rings (SSSR count). The smallest absolute Gasteiger partial charge is 0.422 e. The van der Waals surface area contributed by atoms with Crippen LogP contribution in [0.3, 0.4) is 0 Å². The Morgan fingerprint density at radius 3 is 2.48 bits per heavy atom. The zero-order valence-corrected chi connectivity index (χ0v) is 15.3. The van der Waals surface area contributed by atoms with E-state index in [1.807, 2.05) is 0 Å². The number of pyridine rings is 2. The molecule has 0 aliphatic heterocycles. The molecule has 3 aromatic rings. The lowest BCUT2D eigenvalue weighted by Crippen LogP contribution is -2.43. The number of fused-ring (bicyclic) bond motifs is 1. The van der Waals surface area contributed by atoms with Crippen LogP contribution in [0.1, 0.15) is 10.5 Å². The molecule has 1 aromatic carbocycles. The maximum absolute atomic E-state index is 14.4. The fourth-order valence-electron chi connectivity index (χ4n) is 2.58. The Balaban J connectivity index is 2.02. The van der Waals surface area contributed by atoms with Gasteiger partial charge in [0.05, 0.1) is 5.52 Å². The van der Waals surface area contributed by atoms with Gasteiger partial charge in [-0.25, -0.2) is 9.37 Å². The van der Waals surface area contributed by atoms with E-state index in [0.717, 1.165) is 26.2 Å². The van der Waals surface area contributed by atoms with Crippen molar-refractivity contribution in [3.8, 4) is 16.9 Å². The number of aromatic nitrogens is 2. The summed E-state index contributed by atoms with van der Waals surface area (Å²) in [5.41, 5.74) is 6.19. The molecule has 0 bridgehead atoms. The fourth-order valence-corrected chi connectivity index (χ4v) is 2.58. The number of likely N-dealkylation sites (N-methyl/N-ethyl adjacent to an activating group) is 1. The third-order valence-corrected chi connectivity index (χ3v) is 3.99. The van der Waals surface area contributed by atoms with Crippen molar-refractivity contribution in [3.63, 3.8) is 0 Å². The zero-order chi connectivity index (χ0) is 21.3. The largest absolute Gasteiger partial charge is 0.482 e. The number of primary amides is 1. The van der Waals surface area contributed by atoms with E-state index in [0.29, 0.717) is 21.4 Å². The van der Waals surface area contributed by atoms with Gasteiger partial charge in [-0.15, -0.1) is 0 Å². The average molecular weight is 404 g/mol. The molecule has 2 heterocycles. The Kier molecular flexibility index (Phi) is 5.10. The van der Waals surface area contributed by atoms with Gasteiger partial charge in [0, 0.05) is 37.4 Å². The Morgan fingerprint density at radius 2 is 1.86 bits per heavy atom. The first-order valence-corrected chi connectivity index (χ1v) is 8.23. The van der Waals surface area contributed by atoms with Crippen molar-refractivity contribution >= 4 is 22.7 Å². The summed E-state index contributed by atoms with van der Waals surface area (Å²) in [4.78, 5) is 31.7. The van der Waals surface area contributed by atoms with Crippen molar-refractivity contribution in [2.24, 2.45) is 5.73 Å². The van der Waals surface area contributed by atoms with Crippen molar-refractivity contribution < 1.29 is 27.5 Å². The zero-order valence-electron chi connectivity index (χ0n) is 15.3. The highest BCUT2D eigenvalue weighted by Gasteiger charge is 2.44. The predicted molar refractivity (Wildman–Crippen MR) is 97.7 cm³/mol. The maximum Gasteiger partial charge on any atom is 0.482 e. The molecule has 7 nitrogen and oxygen atoms in total. The van der Waals surface area contributed by atoms with Crippen LogP contribution in [0.4, 0.5) is 13.2 Å². The molecule has 0 atom stereocenters. The second-order valence-corrected chi connectivity index (χ2v) is 6.28. The average Bonchev–Trinajstić information content (AvgIpc) is 2.67. The van der Waals surface area contributed by atoms with Crippen LogP contribution in [-0.4, -0.2) is 46.9 Å². The molecular weight excluding hydrogens is 389 g/mol. The summed E-state index contributed by atoms with van der Waals surface area (Å²) in [7, 11) is 2.25. The highest BCUT2D eigenvalue weighted by molar-refractivity contribution is 5.97. The summed E-state index contributed by atoms with van der Waals surface area (Å²) in [5.74, 6) is -4.27. The molecule has 2 aromatic heterocycles. The Morgan fingerprint density at radius 1 is 1.14 bits per heavy atom. The van der Waals surface area contributed by atoms with E-state index < -0.39 is 29.5 Å². The van der Waals surface area contributed by atoms with Crippen molar-refractivity contribution in [2.75, 3.05) is 14.1 Å². The summed E-state index contributed by atoms with van der Waals surface area (Å²) in [6, 6.07) is 6.24. The summed E-state index contributed by atoms with van der Waals surface area (Å²) < 4.78 is 46.4. The summed E-state index contributed by atoms with van der Waals surface area (Å²) in [5, 5.41) is 0.566. The maximum atomic E-state index is 14.4. The molecule has 0 saturated heterocycles. The first-order valence-electron chi connectivity index (χ1n) is 8.23. The topological polar surface area (TPSA) is 98.4 Å². The van der Waals surface area contributed by atoms with E-state index in [9.17, 15) is 22.8 Å². The molecule has 0 fully saturated rings. The molecule has 0 spiro atoms. The van der Waals surface area contributed by atoms with Gasteiger partial charge in [0.2, 0.25) is 0 Å². The van der Waals surface area contributed by atoms with Crippen LogP contribution >= 0.6 is 0 Å². The molecule has 29 heavy (non-hydrogen) atoms. The van der Waals surface area contributed by atoms with E-state index in [2.05, 4.69) is 14.7 Å². The minimum Gasteiger partial charge on any atom is -0.422 e. The van der Waals surface area contributed by atoms with Crippen LogP contribution in [0.2, 0.25) is 0 Å². The first kappa shape index (κ1) is 20.1. The van der Waals surface area contributed by atoms with E-state index in [1.54, 1.807) is 6.07 Å². The number of hydrogen-bond acceptors (Lipinski definition) is 5. The quantitative estimate of drug-likeness (QED) is 0.705. The summed E-state index contributed by atoms with van der Waals surface area (Å²) in [6.45, 7) is 0.